The highest BCUT2D eigenvalue weighted by molar-refractivity contribution is 5.81. The van der Waals surface area contributed by atoms with Crippen LogP contribution in [0, 0.1) is 0 Å². The van der Waals surface area contributed by atoms with Gasteiger partial charge in [0.1, 0.15) is 46.0 Å². The van der Waals surface area contributed by atoms with Gasteiger partial charge in [-0.05, 0) is 95.9 Å². The van der Waals surface area contributed by atoms with Crippen molar-refractivity contribution in [3.63, 3.8) is 0 Å². The summed E-state index contributed by atoms with van der Waals surface area (Å²) in [5.41, 5.74) is 12.3. The average Bonchev–Trinajstić information content (AvgIpc) is 3.46. The van der Waals surface area contributed by atoms with E-state index in [0.717, 1.165) is 95.9 Å². The molecule has 8 rings (SSSR count). The number of hydrogen-bond donors (Lipinski definition) is 8. The molecule has 416 valence electrons. The number of benzene rings is 8. The van der Waals surface area contributed by atoms with E-state index in [1.165, 1.54) is 0 Å². The first-order chi connectivity index (χ1) is 38.7. The lowest BCUT2D eigenvalue weighted by atomic mass is 9.96. The van der Waals surface area contributed by atoms with Gasteiger partial charge in [0.15, 0.2) is 0 Å². The molecule has 0 amide bonds. The quantitative estimate of drug-likeness (QED) is 0.0350. The Kier molecular flexibility index (Phi) is 24.4. The van der Waals surface area contributed by atoms with Gasteiger partial charge in [-0.3, -0.25) is 0 Å². The van der Waals surface area contributed by atoms with Gasteiger partial charge in [0.2, 0.25) is 0 Å². The molecule has 0 unspecified atom stereocenters. The number of allylic oxidation sites excluding steroid dienone is 4. The maximum absolute atomic E-state index is 10.4. The number of hydrogen-bond acceptors (Lipinski definition) is 8. The van der Waals surface area contributed by atoms with Crippen molar-refractivity contribution >= 4 is 0 Å². The zero-order chi connectivity index (χ0) is 58.1. The van der Waals surface area contributed by atoms with Gasteiger partial charge >= 0.3 is 0 Å². The van der Waals surface area contributed by atoms with E-state index >= 15 is 0 Å². The molecule has 0 aliphatic rings. The molecule has 0 heterocycles. The van der Waals surface area contributed by atoms with Crippen LogP contribution >= 0.6 is 0 Å². The molecule has 8 heteroatoms. The highest BCUT2D eigenvalue weighted by Gasteiger charge is 2.18. The second kappa shape index (κ2) is 31.5. The van der Waals surface area contributed by atoms with Crippen LogP contribution in [0.1, 0.15) is 97.9 Å². The van der Waals surface area contributed by atoms with E-state index < -0.39 is 0 Å². The zero-order valence-corrected chi connectivity index (χ0v) is 47.1. The van der Waals surface area contributed by atoms with Crippen molar-refractivity contribution in [1.82, 2.24) is 0 Å². The van der Waals surface area contributed by atoms with Crippen molar-refractivity contribution in [2.45, 2.75) is 105 Å². The van der Waals surface area contributed by atoms with Gasteiger partial charge in [0.25, 0.3) is 0 Å². The molecule has 0 saturated carbocycles. The molecule has 0 radical (unpaired) electrons. The van der Waals surface area contributed by atoms with Crippen LogP contribution in [0.5, 0.6) is 46.0 Å². The SMILES string of the molecule is C=CCc1cccc(-c2cccc(CC=C)c2O)c1O.C=CCc1cccc(-c2cccc(CC=C)c2O)c1O.CCCc1cccc(-c2cccc(CCC)c2O)c1O.CCCc1cccc(-c2cccc(CCC)c2O)c1O. The van der Waals surface area contributed by atoms with Gasteiger partial charge in [-0.25, -0.2) is 0 Å². The molecule has 0 spiro atoms. The molecule has 8 aromatic carbocycles. The van der Waals surface area contributed by atoms with E-state index in [1.54, 1.807) is 48.6 Å². The average molecular weight is 1070 g/mol. The minimum atomic E-state index is 0.193. The zero-order valence-electron chi connectivity index (χ0n) is 47.1. The van der Waals surface area contributed by atoms with Crippen molar-refractivity contribution in [1.29, 1.82) is 0 Å². The summed E-state index contributed by atoms with van der Waals surface area (Å²) >= 11 is 0. The van der Waals surface area contributed by atoms with Crippen LogP contribution in [-0.2, 0) is 51.4 Å². The third-order valence-corrected chi connectivity index (χ3v) is 13.7. The van der Waals surface area contributed by atoms with Gasteiger partial charge in [-0.2, -0.15) is 0 Å². The van der Waals surface area contributed by atoms with Crippen LogP contribution in [0.2, 0.25) is 0 Å². The first kappa shape index (κ1) is 62.0. The molecular weight excluding hydrogens is 993 g/mol. The van der Waals surface area contributed by atoms with Gasteiger partial charge in [-0.1, -0.05) is 223 Å². The Morgan fingerprint density at radius 3 is 0.512 bits per heavy atom. The maximum Gasteiger partial charge on any atom is 0.127 e. The first-order valence-electron chi connectivity index (χ1n) is 27.7. The van der Waals surface area contributed by atoms with Crippen LogP contribution in [0.25, 0.3) is 44.5 Å². The molecule has 0 aliphatic carbocycles. The first-order valence-corrected chi connectivity index (χ1v) is 27.7. The summed E-state index contributed by atoms with van der Waals surface area (Å²) in [7, 11) is 0. The van der Waals surface area contributed by atoms with E-state index in [1.807, 2.05) is 121 Å². The van der Waals surface area contributed by atoms with Crippen LogP contribution < -0.4 is 0 Å². The van der Waals surface area contributed by atoms with Crippen LogP contribution in [0.15, 0.2) is 196 Å². The monoisotopic (exact) mass is 1070 g/mol. The second-order valence-electron chi connectivity index (χ2n) is 19.5. The fraction of sp³-hybridized carbons (Fsp3) is 0.222. The number of para-hydroxylation sites is 8. The van der Waals surface area contributed by atoms with E-state index in [0.29, 0.717) is 93.2 Å². The standard InChI is InChI=1S/2C18H22O2.2C18H18O2/c4*1-3-7-13-9-5-11-15(17(13)19)16-12-6-10-14(8-4-2)18(16)20/h2*5-6,9-12,19-20H,3-4,7-8H2,1-2H3;2*3-6,9-12,19-20H,1-2,7-8H2. The Morgan fingerprint density at radius 1 is 0.237 bits per heavy atom. The third-order valence-electron chi connectivity index (χ3n) is 13.7. The number of aromatic hydroxyl groups is 8. The summed E-state index contributed by atoms with van der Waals surface area (Å²) in [6, 6.07) is 45.0. The largest absolute Gasteiger partial charge is 0.507 e. The molecule has 0 bridgehead atoms. The molecule has 0 atom stereocenters. The minimum Gasteiger partial charge on any atom is -0.507 e. The summed E-state index contributed by atoms with van der Waals surface area (Å²) in [6.07, 6.45) is 16.6. The summed E-state index contributed by atoms with van der Waals surface area (Å²) in [5.74, 6) is 1.93. The molecule has 80 heavy (non-hydrogen) atoms. The number of aryl methyl sites for hydroxylation is 4. The Bertz CT molecular complexity index is 2900. The summed E-state index contributed by atoms with van der Waals surface area (Å²) in [4.78, 5) is 0. The van der Waals surface area contributed by atoms with Crippen molar-refractivity contribution in [3.8, 4) is 90.5 Å². The third kappa shape index (κ3) is 15.7. The van der Waals surface area contributed by atoms with Crippen molar-refractivity contribution in [2.24, 2.45) is 0 Å². The van der Waals surface area contributed by atoms with E-state index in [2.05, 4.69) is 54.0 Å². The fourth-order valence-electron chi connectivity index (χ4n) is 9.63. The second-order valence-corrected chi connectivity index (χ2v) is 19.5. The molecular formula is C72H80O8. The van der Waals surface area contributed by atoms with E-state index in [9.17, 15) is 40.9 Å². The van der Waals surface area contributed by atoms with Gasteiger partial charge in [0, 0.05) is 44.5 Å². The van der Waals surface area contributed by atoms with Gasteiger partial charge in [-0.15, -0.1) is 26.3 Å². The number of phenolic OH excluding ortho intramolecular Hbond substituents is 8. The normalized spacial score (nSPS) is 10.4. The molecule has 8 N–H and O–H groups in total. The predicted octanol–water partition coefficient (Wildman–Crippen LogP) is 17.8. The number of phenols is 8. The van der Waals surface area contributed by atoms with Crippen LogP contribution in [-0.4, -0.2) is 40.9 Å². The van der Waals surface area contributed by atoms with Crippen molar-refractivity contribution in [3.05, 3.63) is 241 Å². The lowest BCUT2D eigenvalue weighted by molar-refractivity contribution is 0.461. The molecule has 8 aromatic rings. The van der Waals surface area contributed by atoms with Gasteiger partial charge in [0.05, 0.1) is 0 Å². The Hall–Kier alpha value is -8.88. The maximum atomic E-state index is 10.4. The predicted molar refractivity (Wildman–Crippen MR) is 332 cm³/mol. The van der Waals surface area contributed by atoms with Gasteiger partial charge < -0.3 is 40.9 Å². The lowest BCUT2D eigenvalue weighted by Gasteiger charge is -2.13. The molecule has 0 aliphatic heterocycles. The van der Waals surface area contributed by atoms with Crippen molar-refractivity contribution < 1.29 is 40.9 Å². The highest BCUT2D eigenvalue weighted by atomic mass is 16.3. The van der Waals surface area contributed by atoms with Crippen LogP contribution in [0.4, 0.5) is 0 Å². The van der Waals surface area contributed by atoms with Crippen LogP contribution in [0.3, 0.4) is 0 Å². The highest BCUT2D eigenvalue weighted by Crippen LogP contribution is 2.43. The molecule has 0 saturated heterocycles. The molecule has 8 nitrogen and oxygen atoms in total. The smallest absolute Gasteiger partial charge is 0.127 e. The molecule has 0 aromatic heterocycles. The Labute approximate surface area is 474 Å². The van der Waals surface area contributed by atoms with E-state index in [4.69, 9.17) is 0 Å². The fourth-order valence-corrected chi connectivity index (χ4v) is 9.63. The number of rotatable bonds is 20. The van der Waals surface area contributed by atoms with Crippen molar-refractivity contribution in [2.75, 3.05) is 0 Å². The summed E-state index contributed by atoms with van der Waals surface area (Å²) in [6.45, 7) is 23.1. The van der Waals surface area contributed by atoms with E-state index in [-0.39, 0.29) is 23.0 Å². The molecule has 0 fully saturated rings. The Morgan fingerprint density at radius 2 is 0.375 bits per heavy atom. The Balaban J connectivity index is 0.000000196. The topological polar surface area (TPSA) is 162 Å². The minimum absolute atomic E-state index is 0.193. The summed E-state index contributed by atoms with van der Waals surface area (Å²) < 4.78 is 0. The lowest BCUT2D eigenvalue weighted by Crippen LogP contribution is -1.90. The summed E-state index contributed by atoms with van der Waals surface area (Å²) in [5, 5.41) is 83.0.